The fraction of sp³-hybridized carbons (Fsp3) is 0.920. The normalized spacial score (nSPS) is 25.3. The van der Waals surface area contributed by atoms with Crippen LogP contribution < -0.4 is 16.4 Å². The molecule has 1 aliphatic heterocycles. The van der Waals surface area contributed by atoms with Crippen molar-refractivity contribution in [2.45, 2.75) is 127 Å². The highest BCUT2D eigenvalue weighted by atomic mass is 32.2. The zero-order chi connectivity index (χ0) is 26.1. The predicted octanol–water partition coefficient (Wildman–Crippen LogP) is 1.81. The van der Waals surface area contributed by atoms with Crippen molar-refractivity contribution in [1.29, 1.82) is 0 Å². The molecule has 0 saturated carbocycles. The van der Waals surface area contributed by atoms with E-state index in [1.165, 1.54) is 82.9 Å². The van der Waals surface area contributed by atoms with E-state index in [9.17, 15) is 24.9 Å². The summed E-state index contributed by atoms with van der Waals surface area (Å²) in [7, 11) is 0. The van der Waals surface area contributed by atoms with Crippen LogP contribution in [0.3, 0.4) is 0 Å². The Morgan fingerprint density at radius 1 is 0.943 bits per heavy atom. The predicted molar refractivity (Wildman–Crippen MR) is 140 cm³/mol. The molecule has 6 atom stereocenters. The van der Waals surface area contributed by atoms with Crippen LogP contribution in [-0.4, -0.2) is 81.9 Å². The molecule has 0 aromatic heterocycles. The first-order valence-electron chi connectivity index (χ1n) is 13.4. The summed E-state index contributed by atoms with van der Waals surface area (Å²) in [4.78, 5) is 23.8. The number of carbonyl (C=O) groups excluding carboxylic acids is 2. The lowest BCUT2D eigenvalue weighted by molar-refractivity contribution is -0.173. The fourth-order valence-corrected chi connectivity index (χ4v) is 5.40. The number of carbonyl (C=O) groups is 2. The first-order valence-corrected chi connectivity index (χ1v) is 14.4. The van der Waals surface area contributed by atoms with Gasteiger partial charge < -0.3 is 36.4 Å². The number of aliphatic hydroxyl groups is 3. The molecule has 0 spiro atoms. The topological polar surface area (TPSA) is 154 Å². The van der Waals surface area contributed by atoms with E-state index in [1.54, 1.807) is 0 Å². The second kappa shape index (κ2) is 19.2. The van der Waals surface area contributed by atoms with Crippen LogP contribution >= 0.6 is 11.8 Å². The molecule has 0 unspecified atom stereocenters. The van der Waals surface area contributed by atoms with Gasteiger partial charge in [0.25, 0.3) is 0 Å². The summed E-state index contributed by atoms with van der Waals surface area (Å²) < 4.78 is 5.65. The molecule has 206 valence electrons. The van der Waals surface area contributed by atoms with Gasteiger partial charge in [0.1, 0.15) is 23.7 Å². The summed E-state index contributed by atoms with van der Waals surface area (Å²) in [5, 5.41) is 35.2. The Bertz CT molecular complexity index is 585. The van der Waals surface area contributed by atoms with Crippen LogP contribution in [0.5, 0.6) is 0 Å². The highest BCUT2D eigenvalue weighted by molar-refractivity contribution is 7.99. The van der Waals surface area contributed by atoms with Crippen molar-refractivity contribution in [1.82, 2.24) is 10.6 Å². The molecule has 1 saturated heterocycles. The van der Waals surface area contributed by atoms with E-state index in [0.29, 0.717) is 6.54 Å². The number of thioether (sulfide) groups is 1. The van der Waals surface area contributed by atoms with Crippen molar-refractivity contribution in [3.63, 3.8) is 0 Å². The van der Waals surface area contributed by atoms with Crippen molar-refractivity contribution >= 4 is 23.6 Å². The van der Waals surface area contributed by atoms with Gasteiger partial charge in [0.2, 0.25) is 11.8 Å². The first-order chi connectivity index (χ1) is 16.8. The van der Waals surface area contributed by atoms with Crippen LogP contribution in [0, 0.1) is 0 Å². The lowest BCUT2D eigenvalue weighted by Gasteiger charge is -2.42. The van der Waals surface area contributed by atoms with Gasteiger partial charge in [-0.1, -0.05) is 77.6 Å². The Morgan fingerprint density at radius 3 is 2.00 bits per heavy atom. The lowest BCUT2D eigenvalue weighted by atomic mass is 9.98. The molecule has 0 aliphatic carbocycles. The number of hydrogen-bond acceptors (Lipinski definition) is 8. The van der Waals surface area contributed by atoms with Gasteiger partial charge in [-0.25, -0.2) is 0 Å². The summed E-state index contributed by atoms with van der Waals surface area (Å²) in [6.07, 6.45) is 11.5. The molecule has 0 aromatic carbocycles. The highest BCUT2D eigenvalue weighted by Crippen LogP contribution is 2.29. The molecule has 2 amide bonds. The molecule has 1 rings (SSSR count). The average Bonchev–Trinajstić information content (AvgIpc) is 2.83. The van der Waals surface area contributed by atoms with E-state index in [4.69, 9.17) is 10.5 Å². The number of ether oxygens (including phenoxy) is 1. The van der Waals surface area contributed by atoms with Crippen LogP contribution in [0.25, 0.3) is 0 Å². The number of unbranched alkanes of at least 4 members (excludes halogenated alkanes) is 11. The zero-order valence-electron chi connectivity index (χ0n) is 21.6. The molecular weight excluding hydrogens is 470 g/mol. The van der Waals surface area contributed by atoms with Crippen molar-refractivity contribution in [3.05, 3.63) is 0 Å². The smallest absolute Gasteiger partial charge is 0.237 e. The zero-order valence-corrected chi connectivity index (χ0v) is 22.4. The van der Waals surface area contributed by atoms with Crippen molar-refractivity contribution < 1.29 is 29.6 Å². The van der Waals surface area contributed by atoms with E-state index < -0.39 is 42.4 Å². The fourth-order valence-electron chi connectivity index (χ4n) is 4.20. The second-order valence-electron chi connectivity index (χ2n) is 9.55. The van der Waals surface area contributed by atoms with Crippen LogP contribution in [0.4, 0.5) is 0 Å². The molecule has 10 heteroatoms. The van der Waals surface area contributed by atoms with Crippen molar-refractivity contribution in [3.8, 4) is 0 Å². The van der Waals surface area contributed by atoms with Crippen molar-refractivity contribution in [2.24, 2.45) is 5.73 Å². The Kier molecular flexibility index (Phi) is 17.7. The van der Waals surface area contributed by atoms with Crippen molar-refractivity contribution in [2.75, 3.05) is 18.9 Å². The minimum atomic E-state index is -1.33. The molecule has 1 aliphatic rings. The summed E-state index contributed by atoms with van der Waals surface area (Å²) in [5.41, 5.74) is 5.26. The van der Waals surface area contributed by atoms with Gasteiger partial charge in [-0.15, -0.1) is 11.8 Å². The Morgan fingerprint density at radius 2 is 1.49 bits per heavy atom. The molecule has 0 bridgehead atoms. The number of hydrogen-bond donors (Lipinski definition) is 6. The maximum atomic E-state index is 12.3. The maximum Gasteiger partial charge on any atom is 0.237 e. The van der Waals surface area contributed by atoms with Gasteiger partial charge in [-0.05, 0) is 6.42 Å². The second-order valence-corrected chi connectivity index (χ2v) is 10.7. The molecule has 7 N–H and O–H groups in total. The Balaban J connectivity index is 2.19. The molecule has 0 aromatic rings. The van der Waals surface area contributed by atoms with Gasteiger partial charge in [-0.2, -0.15) is 0 Å². The summed E-state index contributed by atoms with van der Waals surface area (Å²) >= 11 is 1.17. The van der Waals surface area contributed by atoms with Gasteiger partial charge in [-0.3, -0.25) is 9.59 Å². The van der Waals surface area contributed by atoms with E-state index in [0.717, 1.165) is 12.8 Å². The monoisotopic (exact) mass is 519 g/mol. The Hall–Kier alpha value is -0.910. The molecule has 1 fully saturated rings. The van der Waals surface area contributed by atoms with Crippen LogP contribution in [0.1, 0.15) is 90.9 Å². The SMILES string of the molecule is CCCCCCCCCCCCCCNC(=O)[C@@H](N)CS[C@@H]1O[C@H](CO)[C@H](O)[C@H](O)[C@H]1NC(C)=O. The average molecular weight is 520 g/mol. The highest BCUT2D eigenvalue weighted by Gasteiger charge is 2.45. The van der Waals surface area contributed by atoms with Gasteiger partial charge in [0.15, 0.2) is 0 Å². The molecule has 35 heavy (non-hydrogen) atoms. The largest absolute Gasteiger partial charge is 0.394 e. The molecular formula is C25H49N3O6S. The van der Waals surface area contributed by atoms with Crippen LogP contribution in [-0.2, 0) is 14.3 Å². The number of aliphatic hydroxyl groups excluding tert-OH is 3. The van der Waals surface area contributed by atoms with E-state index in [-0.39, 0.29) is 17.6 Å². The third-order valence-corrected chi connectivity index (χ3v) is 7.64. The summed E-state index contributed by atoms with van der Waals surface area (Å²) in [6.45, 7) is 3.65. The number of nitrogens with one attached hydrogen (secondary N) is 2. The van der Waals surface area contributed by atoms with Gasteiger partial charge in [0, 0.05) is 19.2 Å². The number of nitrogens with two attached hydrogens (primary N) is 1. The standard InChI is InChI=1S/C25H49N3O6S/c1-3-4-5-6-7-8-9-10-11-12-13-14-15-27-24(33)19(26)17-35-25-21(28-18(2)30)23(32)22(31)20(16-29)34-25/h19-23,25,29,31-32H,3-17,26H2,1-2H3,(H,27,33)(H,28,30)/t19-,20+,21+,22-,23+,25-/m0/s1. The van der Waals surface area contributed by atoms with Crippen LogP contribution in [0.15, 0.2) is 0 Å². The first kappa shape index (κ1) is 32.1. The van der Waals surface area contributed by atoms with E-state index >= 15 is 0 Å². The lowest BCUT2D eigenvalue weighted by Crippen LogP contribution is -2.63. The molecule has 0 radical (unpaired) electrons. The van der Waals surface area contributed by atoms with Crippen LogP contribution in [0.2, 0.25) is 0 Å². The summed E-state index contributed by atoms with van der Waals surface area (Å²) in [6, 6.07) is -1.66. The summed E-state index contributed by atoms with van der Waals surface area (Å²) in [5.74, 6) is -0.444. The third-order valence-electron chi connectivity index (χ3n) is 6.36. The van der Waals surface area contributed by atoms with Gasteiger partial charge >= 0.3 is 0 Å². The van der Waals surface area contributed by atoms with E-state index in [2.05, 4.69) is 17.6 Å². The minimum Gasteiger partial charge on any atom is -0.394 e. The van der Waals surface area contributed by atoms with E-state index in [1.807, 2.05) is 0 Å². The number of amides is 2. The Labute approximate surface area is 215 Å². The minimum absolute atomic E-state index is 0.200. The third kappa shape index (κ3) is 13.3. The van der Waals surface area contributed by atoms with Gasteiger partial charge in [0.05, 0.1) is 18.7 Å². The maximum absolute atomic E-state index is 12.3. The molecule has 9 nitrogen and oxygen atoms in total. The number of rotatable bonds is 19. The molecule has 1 heterocycles. The quantitative estimate of drug-likeness (QED) is 0.141.